The lowest BCUT2D eigenvalue weighted by Crippen LogP contribution is -2.53. The standard InChI is InChI=1S/C29H31ClFN5O3/c1-29(2,3)35-11-9-34(10-12-35)25-14-19(17-33-27(25)39-4)22-16-20(31)15-21(26(22)37)18-5-6-24(23(30)13-18)36-8-7-32-28(36)38/h5-8,13-17,37H,9-12H2,1-4H3,(H,32,38). The number of ether oxygens (including phenoxy) is 1. The number of aromatic amines is 1. The van der Waals surface area contributed by atoms with Crippen LogP contribution in [0.15, 0.2) is 59.8 Å². The molecule has 204 valence electrons. The van der Waals surface area contributed by atoms with E-state index in [-0.39, 0.29) is 27.6 Å². The largest absolute Gasteiger partial charge is 0.507 e. The summed E-state index contributed by atoms with van der Waals surface area (Å²) in [5.74, 6) is -0.146. The zero-order valence-electron chi connectivity index (χ0n) is 22.3. The molecule has 1 aliphatic rings. The van der Waals surface area contributed by atoms with Crippen LogP contribution in [0.5, 0.6) is 11.6 Å². The predicted molar refractivity (Wildman–Crippen MR) is 152 cm³/mol. The van der Waals surface area contributed by atoms with Gasteiger partial charge in [0.25, 0.3) is 0 Å². The minimum Gasteiger partial charge on any atom is -0.507 e. The monoisotopic (exact) mass is 551 g/mol. The molecule has 3 heterocycles. The number of pyridine rings is 1. The molecular formula is C29H31ClFN5O3. The Morgan fingerprint density at radius 2 is 1.72 bits per heavy atom. The number of H-pyrrole nitrogens is 1. The Morgan fingerprint density at radius 1 is 1.03 bits per heavy atom. The first-order valence-corrected chi connectivity index (χ1v) is 13.1. The molecule has 0 amide bonds. The van der Waals surface area contributed by atoms with E-state index < -0.39 is 5.82 Å². The van der Waals surface area contributed by atoms with Crippen LogP contribution < -0.4 is 15.3 Å². The van der Waals surface area contributed by atoms with Crippen LogP contribution in [0, 0.1) is 5.82 Å². The van der Waals surface area contributed by atoms with Gasteiger partial charge in [-0.2, -0.15) is 0 Å². The third kappa shape index (κ3) is 5.24. The number of aromatic nitrogens is 3. The number of phenolic OH excluding ortho intramolecular Hbond substituents is 1. The Balaban J connectivity index is 1.51. The number of rotatable bonds is 5. The van der Waals surface area contributed by atoms with Crippen LogP contribution in [0.4, 0.5) is 10.1 Å². The predicted octanol–water partition coefficient (Wildman–Crippen LogP) is 5.32. The molecule has 2 aromatic heterocycles. The maximum Gasteiger partial charge on any atom is 0.330 e. The first kappa shape index (κ1) is 26.8. The minimum atomic E-state index is -0.518. The van der Waals surface area contributed by atoms with Crippen molar-refractivity contribution in [1.29, 1.82) is 0 Å². The van der Waals surface area contributed by atoms with E-state index in [0.29, 0.717) is 28.3 Å². The molecule has 2 N–H and O–H groups in total. The summed E-state index contributed by atoms with van der Waals surface area (Å²) in [7, 11) is 1.57. The summed E-state index contributed by atoms with van der Waals surface area (Å²) in [5, 5.41) is 11.6. The first-order valence-electron chi connectivity index (χ1n) is 12.7. The van der Waals surface area contributed by atoms with Crippen molar-refractivity contribution in [2.45, 2.75) is 26.3 Å². The molecule has 0 bridgehead atoms. The van der Waals surface area contributed by atoms with Crippen molar-refractivity contribution in [3.8, 4) is 39.6 Å². The highest BCUT2D eigenvalue weighted by molar-refractivity contribution is 6.32. The van der Waals surface area contributed by atoms with Crippen LogP contribution in [0.25, 0.3) is 27.9 Å². The number of imidazole rings is 1. The van der Waals surface area contributed by atoms with Crippen LogP contribution >= 0.6 is 11.6 Å². The second-order valence-corrected chi connectivity index (χ2v) is 11.0. The van der Waals surface area contributed by atoms with Gasteiger partial charge < -0.3 is 19.7 Å². The molecule has 5 rings (SSSR count). The van der Waals surface area contributed by atoms with Gasteiger partial charge in [0.2, 0.25) is 5.88 Å². The Bertz CT molecular complexity index is 1570. The van der Waals surface area contributed by atoms with E-state index in [4.69, 9.17) is 16.3 Å². The number of anilines is 1. The summed E-state index contributed by atoms with van der Waals surface area (Å²) in [6.45, 7) is 9.96. The van der Waals surface area contributed by atoms with Crippen molar-refractivity contribution in [3.05, 3.63) is 76.3 Å². The number of nitrogens with one attached hydrogen (secondary N) is 1. The van der Waals surface area contributed by atoms with E-state index in [0.717, 1.165) is 31.9 Å². The lowest BCUT2D eigenvalue weighted by atomic mass is 9.97. The van der Waals surface area contributed by atoms with Crippen LogP contribution in [0.2, 0.25) is 5.02 Å². The van der Waals surface area contributed by atoms with Crippen LogP contribution in [0.3, 0.4) is 0 Å². The maximum atomic E-state index is 14.9. The summed E-state index contributed by atoms with van der Waals surface area (Å²) in [5.41, 5.74) is 2.65. The Kier molecular flexibility index (Phi) is 7.13. The minimum absolute atomic E-state index is 0.0821. The lowest BCUT2D eigenvalue weighted by molar-refractivity contribution is 0.128. The fourth-order valence-electron chi connectivity index (χ4n) is 5.01. The molecule has 39 heavy (non-hydrogen) atoms. The van der Waals surface area contributed by atoms with Gasteiger partial charge in [-0.3, -0.25) is 9.47 Å². The van der Waals surface area contributed by atoms with Crippen molar-refractivity contribution >= 4 is 17.3 Å². The van der Waals surface area contributed by atoms with Gasteiger partial charge in [0, 0.05) is 67.0 Å². The van der Waals surface area contributed by atoms with Gasteiger partial charge in [-0.25, -0.2) is 14.2 Å². The molecule has 0 atom stereocenters. The van der Waals surface area contributed by atoms with Gasteiger partial charge in [-0.15, -0.1) is 0 Å². The van der Waals surface area contributed by atoms with Crippen LogP contribution in [-0.2, 0) is 0 Å². The zero-order chi connectivity index (χ0) is 27.9. The number of piperazine rings is 1. The molecule has 4 aromatic rings. The number of halogens is 2. The number of benzene rings is 2. The SMILES string of the molecule is COc1ncc(-c2cc(F)cc(-c3ccc(-n4cc[nH]c4=O)c(Cl)c3)c2O)cc1N1CCN(C(C)(C)C)CC1. The number of phenols is 1. The van der Waals surface area contributed by atoms with E-state index >= 15 is 0 Å². The first-order chi connectivity index (χ1) is 18.6. The molecule has 1 fully saturated rings. The number of nitrogens with zero attached hydrogens (tertiary/aromatic N) is 4. The maximum absolute atomic E-state index is 14.9. The number of aromatic hydroxyl groups is 1. The Morgan fingerprint density at radius 3 is 2.31 bits per heavy atom. The smallest absolute Gasteiger partial charge is 0.330 e. The van der Waals surface area contributed by atoms with Crippen molar-refractivity contribution in [2.75, 3.05) is 38.2 Å². The van der Waals surface area contributed by atoms with Crippen molar-refractivity contribution in [2.24, 2.45) is 0 Å². The van der Waals surface area contributed by atoms with Gasteiger partial charge in [-0.05, 0) is 56.7 Å². The van der Waals surface area contributed by atoms with Crippen LogP contribution in [0.1, 0.15) is 20.8 Å². The van der Waals surface area contributed by atoms with Crippen molar-refractivity contribution < 1.29 is 14.2 Å². The number of hydrogen-bond acceptors (Lipinski definition) is 6. The molecule has 0 aliphatic carbocycles. The van der Waals surface area contributed by atoms with Gasteiger partial charge in [0.15, 0.2) is 0 Å². The fourth-order valence-corrected chi connectivity index (χ4v) is 5.28. The average molecular weight is 552 g/mol. The van der Waals surface area contributed by atoms with Gasteiger partial charge in [-0.1, -0.05) is 17.7 Å². The molecular weight excluding hydrogens is 521 g/mol. The molecule has 1 aliphatic heterocycles. The second-order valence-electron chi connectivity index (χ2n) is 10.5. The van der Waals surface area contributed by atoms with Crippen LogP contribution in [-0.4, -0.2) is 63.4 Å². The lowest BCUT2D eigenvalue weighted by Gasteiger charge is -2.43. The quantitative estimate of drug-likeness (QED) is 0.349. The van der Waals surface area contributed by atoms with E-state index in [1.807, 2.05) is 6.07 Å². The second kappa shape index (κ2) is 10.4. The van der Waals surface area contributed by atoms with E-state index in [1.54, 1.807) is 37.7 Å². The van der Waals surface area contributed by atoms with E-state index in [1.165, 1.54) is 22.9 Å². The highest BCUT2D eigenvalue weighted by atomic mass is 35.5. The highest BCUT2D eigenvalue weighted by Gasteiger charge is 2.28. The summed E-state index contributed by atoms with van der Waals surface area (Å²) in [6, 6.07) is 9.37. The van der Waals surface area contributed by atoms with Crippen molar-refractivity contribution in [1.82, 2.24) is 19.4 Å². The summed E-state index contributed by atoms with van der Waals surface area (Å²) in [6.07, 6.45) is 4.65. The highest BCUT2D eigenvalue weighted by Crippen LogP contribution is 2.42. The fraction of sp³-hybridized carbons (Fsp3) is 0.310. The summed E-state index contributed by atoms with van der Waals surface area (Å²) in [4.78, 5) is 23.7. The Labute approximate surface area is 231 Å². The van der Waals surface area contributed by atoms with Gasteiger partial charge in [0.05, 0.1) is 17.8 Å². The normalized spacial score (nSPS) is 14.6. The molecule has 0 unspecified atom stereocenters. The van der Waals surface area contributed by atoms with Crippen molar-refractivity contribution in [3.63, 3.8) is 0 Å². The average Bonchev–Trinajstić information content (AvgIpc) is 3.34. The topological polar surface area (TPSA) is 86.6 Å². The summed E-state index contributed by atoms with van der Waals surface area (Å²) < 4.78 is 21.9. The zero-order valence-corrected chi connectivity index (χ0v) is 23.1. The molecule has 0 radical (unpaired) electrons. The molecule has 2 aromatic carbocycles. The Hall–Kier alpha value is -3.82. The van der Waals surface area contributed by atoms with E-state index in [2.05, 4.69) is 40.5 Å². The third-order valence-corrected chi connectivity index (χ3v) is 7.45. The van der Waals surface area contributed by atoms with Gasteiger partial charge >= 0.3 is 5.69 Å². The van der Waals surface area contributed by atoms with E-state index in [9.17, 15) is 14.3 Å². The summed E-state index contributed by atoms with van der Waals surface area (Å²) >= 11 is 6.49. The molecule has 8 nitrogen and oxygen atoms in total. The number of hydrogen-bond donors (Lipinski definition) is 2. The third-order valence-electron chi connectivity index (χ3n) is 7.15. The number of methoxy groups -OCH3 is 1. The molecule has 1 saturated heterocycles. The van der Waals surface area contributed by atoms with Gasteiger partial charge in [0.1, 0.15) is 17.3 Å². The molecule has 10 heteroatoms. The molecule has 0 saturated carbocycles. The molecule has 0 spiro atoms.